The van der Waals surface area contributed by atoms with Gasteiger partial charge in [0.1, 0.15) is 0 Å². The maximum absolute atomic E-state index is 12.1. The average molecular weight is 279 g/mol. The monoisotopic (exact) mass is 279 g/mol. The summed E-state index contributed by atoms with van der Waals surface area (Å²) < 4.78 is 1.07. The Balaban J connectivity index is 2.54. The van der Waals surface area contributed by atoms with E-state index < -0.39 is 0 Å². The first-order valence-corrected chi connectivity index (χ1v) is 8.31. The number of hydrogen-bond acceptors (Lipinski definition) is 3. The van der Waals surface area contributed by atoms with E-state index in [1.54, 1.807) is 23.5 Å². The van der Waals surface area contributed by atoms with Gasteiger partial charge in [-0.1, -0.05) is 26.0 Å². The Bertz CT molecular complexity index is 515. The van der Waals surface area contributed by atoms with E-state index in [1.807, 2.05) is 12.5 Å². The minimum Gasteiger partial charge on any atom is -0.321 e. The second-order valence-electron chi connectivity index (χ2n) is 4.48. The fraction of sp³-hybridized carbons (Fsp3) is 0.357. The topological polar surface area (TPSA) is 29.1 Å². The Hall–Kier alpha value is -0.870. The second kappa shape index (κ2) is 5.41. The van der Waals surface area contributed by atoms with Crippen molar-refractivity contribution in [2.24, 2.45) is 0 Å². The van der Waals surface area contributed by atoms with E-state index >= 15 is 0 Å². The number of anilines is 1. The third-order valence-corrected chi connectivity index (χ3v) is 5.18. The minimum atomic E-state index is 0.0182. The van der Waals surface area contributed by atoms with Gasteiger partial charge in [0.15, 0.2) is 0 Å². The predicted octanol–water partition coefficient (Wildman–Crippen LogP) is 4.16. The molecule has 1 heterocycles. The molecule has 1 amide bonds. The zero-order valence-corrected chi connectivity index (χ0v) is 12.7. The summed E-state index contributed by atoms with van der Waals surface area (Å²) in [7, 11) is 0. The van der Waals surface area contributed by atoms with Crippen LogP contribution in [0.2, 0.25) is 0 Å². The molecule has 4 heteroatoms. The van der Waals surface area contributed by atoms with Gasteiger partial charge in [-0.3, -0.25) is 4.79 Å². The van der Waals surface area contributed by atoms with Crippen molar-refractivity contribution >= 4 is 40.7 Å². The molecule has 0 saturated heterocycles. The highest BCUT2D eigenvalue weighted by Gasteiger charge is 2.27. The Morgan fingerprint density at radius 3 is 2.44 bits per heavy atom. The molecule has 0 fully saturated rings. The van der Waals surface area contributed by atoms with Gasteiger partial charge in [0, 0.05) is 11.3 Å². The molecule has 18 heavy (non-hydrogen) atoms. The lowest BCUT2D eigenvalue weighted by Crippen LogP contribution is -2.04. The summed E-state index contributed by atoms with van der Waals surface area (Å²) in [6.45, 7) is 4.31. The zero-order valence-electron chi connectivity index (χ0n) is 11.0. The van der Waals surface area contributed by atoms with Crippen LogP contribution >= 0.6 is 23.5 Å². The molecule has 0 atom stereocenters. The first kappa shape index (κ1) is 13.6. The maximum Gasteiger partial charge on any atom is 0.258 e. The van der Waals surface area contributed by atoms with Crippen LogP contribution < -0.4 is 5.32 Å². The number of amides is 1. The van der Waals surface area contributed by atoms with Crippen molar-refractivity contribution in [3.8, 4) is 0 Å². The van der Waals surface area contributed by atoms with Gasteiger partial charge in [-0.15, -0.1) is 23.5 Å². The fourth-order valence-corrected chi connectivity index (χ4v) is 3.52. The van der Waals surface area contributed by atoms with Crippen LogP contribution in [0.25, 0.3) is 5.57 Å². The van der Waals surface area contributed by atoms with Crippen LogP contribution in [0.1, 0.15) is 30.9 Å². The number of fused-ring (bicyclic) bond motifs is 1. The molecule has 0 aliphatic carbocycles. The number of carbonyl (C=O) groups is 1. The quantitative estimate of drug-likeness (QED) is 0.842. The van der Waals surface area contributed by atoms with Crippen LogP contribution in [0.3, 0.4) is 0 Å². The molecule has 0 radical (unpaired) electrons. The molecule has 1 N–H and O–H groups in total. The highest BCUT2D eigenvalue weighted by atomic mass is 32.2. The van der Waals surface area contributed by atoms with E-state index in [9.17, 15) is 4.79 Å². The standard InChI is InChI=1S/C14H17NOS2/c1-8(2)9-5-6-10-11(7-9)15-13(16)12(10)14(17-3)18-4/h5-8H,1-4H3,(H,15,16). The van der Waals surface area contributed by atoms with Crippen LogP contribution in [0.4, 0.5) is 5.69 Å². The summed E-state index contributed by atoms with van der Waals surface area (Å²) in [5, 5.41) is 2.97. The molecule has 1 aliphatic heterocycles. The molecule has 2 rings (SSSR count). The molecule has 1 aliphatic rings. The third kappa shape index (κ3) is 2.31. The van der Waals surface area contributed by atoms with Gasteiger partial charge in [-0.25, -0.2) is 0 Å². The van der Waals surface area contributed by atoms with Crippen molar-refractivity contribution in [2.45, 2.75) is 19.8 Å². The van der Waals surface area contributed by atoms with Crippen LogP contribution in [-0.2, 0) is 4.79 Å². The number of thioether (sulfide) groups is 2. The van der Waals surface area contributed by atoms with Crippen LogP contribution in [-0.4, -0.2) is 18.4 Å². The molecule has 1 aromatic carbocycles. The average Bonchev–Trinajstić information content (AvgIpc) is 2.67. The van der Waals surface area contributed by atoms with Crippen LogP contribution in [0, 0.1) is 0 Å². The first-order chi connectivity index (χ1) is 8.58. The summed E-state index contributed by atoms with van der Waals surface area (Å²) in [6.07, 6.45) is 4.01. The fourth-order valence-electron chi connectivity index (χ4n) is 2.04. The smallest absolute Gasteiger partial charge is 0.258 e. The van der Waals surface area contributed by atoms with Gasteiger partial charge in [-0.2, -0.15) is 0 Å². The van der Waals surface area contributed by atoms with E-state index in [-0.39, 0.29) is 5.91 Å². The van der Waals surface area contributed by atoms with Crippen LogP contribution in [0.5, 0.6) is 0 Å². The number of nitrogens with one attached hydrogen (secondary N) is 1. The lowest BCUT2D eigenvalue weighted by atomic mass is 9.99. The van der Waals surface area contributed by atoms with E-state index in [0.717, 1.165) is 21.1 Å². The van der Waals surface area contributed by atoms with Crippen molar-refractivity contribution in [3.05, 3.63) is 33.6 Å². The number of carbonyl (C=O) groups excluding carboxylic acids is 1. The molecule has 0 aromatic heterocycles. The van der Waals surface area contributed by atoms with Crippen molar-refractivity contribution in [3.63, 3.8) is 0 Å². The summed E-state index contributed by atoms with van der Waals surface area (Å²) in [5.74, 6) is 0.491. The highest BCUT2D eigenvalue weighted by molar-refractivity contribution is 8.22. The maximum atomic E-state index is 12.1. The molecule has 1 aromatic rings. The van der Waals surface area contributed by atoms with Crippen molar-refractivity contribution in [1.29, 1.82) is 0 Å². The number of benzene rings is 1. The van der Waals surface area contributed by atoms with Crippen molar-refractivity contribution in [2.75, 3.05) is 17.8 Å². The zero-order chi connectivity index (χ0) is 13.3. The Kier molecular flexibility index (Phi) is 4.07. The molecular formula is C14H17NOS2. The second-order valence-corrected chi connectivity index (χ2v) is 6.38. The molecule has 0 bridgehead atoms. The lowest BCUT2D eigenvalue weighted by molar-refractivity contribution is -0.110. The highest BCUT2D eigenvalue weighted by Crippen LogP contribution is 2.41. The van der Waals surface area contributed by atoms with Crippen molar-refractivity contribution < 1.29 is 4.79 Å². The Morgan fingerprint density at radius 1 is 1.22 bits per heavy atom. The number of rotatable bonds is 3. The van der Waals surface area contributed by atoms with E-state index in [4.69, 9.17) is 0 Å². The van der Waals surface area contributed by atoms with E-state index in [1.165, 1.54) is 5.56 Å². The summed E-state index contributed by atoms with van der Waals surface area (Å²) >= 11 is 3.25. The first-order valence-electron chi connectivity index (χ1n) is 5.86. The Morgan fingerprint density at radius 2 is 1.89 bits per heavy atom. The molecule has 0 unspecified atom stereocenters. The van der Waals surface area contributed by atoms with Gasteiger partial charge in [0.05, 0.1) is 9.81 Å². The molecule has 0 saturated carbocycles. The lowest BCUT2D eigenvalue weighted by Gasteiger charge is -2.08. The van der Waals surface area contributed by atoms with Gasteiger partial charge < -0.3 is 5.32 Å². The molecule has 2 nitrogen and oxygen atoms in total. The predicted molar refractivity (Wildman–Crippen MR) is 83.1 cm³/mol. The molecule has 96 valence electrons. The third-order valence-electron chi connectivity index (χ3n) is 3.03. The van der Waals surface area contributed by atoms with Crippen molar-refractivity contribution in [1.82, 2.24) is 0 Å². The SMILES string of the molecule is CSC(SC)=C1C(=O)Nc2cc(C(C)C)ccc21. The van der Waals surface area contributed by atoms with Gasteiger partial charge in [-0.05, 0) is 30.1 Å². The summed E-state index contributed by atoms with van der Waals surface area (Å²) in [6, 6.07) is 6.26. The minimum absolute atomic E-state index is 0.0182. The van der Waals surface area contributed by atoms with Gasteiger partial charge >= 0.3 is 0 Å². The normalized spacial score (nSPS) is 13.8. The molecule has 0 spiro atoms. The summed E-state index contributed by atoms with van der Waals surface area (Å²) in [4.78, 5) is 12.1. The van der Waals surface area contributed by atoms with E-state index in [2.05, 4.69) is 37.4 Å². The Labute approximate surface area is 117 Å². The van der Waals surface area contributed by atoms with Crippen LogP contribution in [0.15, 0.2) is 22.4 Å². The van der Waals surface area contributed by atoms with Gasteiger partial charge in [0.2, 0.25) is 0 Å². The largest absolute Gasteiger partial charge is 0.321 e. The molecular weight excluding hydrogens is 262 g/mol. The van der Waals surface area contributed by atoms with E-state index in [0.29, 0.717) is 5.92 Å². The number of hydrogen-bond donors (Lipinski definition) is 1. The summed E-state index contributed by atoms with van der Waals surface area (Å²) in [5.41, 5.74) is 4.05. The van der Waals surface area contributed by atoms with Gasteiger partial charge in [0.25, 0.3) is 5.91 Å².